The van der Waals surface area contributed by atoms with Crippen molar-refractivity contribution in [2.45, 2.75) is 19.1 Å². The van der Waals surface area contributed by atoms with Crippen LogP contribution >= 0.6 is 11.6 Å². The van der Waals surface area contributed by atoms with Crippen LogP contribution in [0.1, 0.15) is 12.5 Å². The summed E-state index contributed by atoms with van der Waals surface area (Å²) in [6.07, 6.45) is -4.52. The van der Waals surface area contributed by atoms with E-state index >= 15 is 0 Å². The van der Waals surface area contributed by atoms with Gasteiger partial charge in [-0.1, -0.05) is 11.6 Å². The number of carbonyl (C=O) groups excluding carboxylic acids is 1. The van der Waals surface area contributed by atoms with E-state index in [2.05, 4.69) is 10.6 Å². The predicted octanol–water partition coefficient (Wildman–Crippen LogP) is 4.64. The van der Waals surface area contributed by atoms with E-state index < -0.39 is 23.7 Å². The zero-order valence-electron chi connectivity index (χ0n) is 17.1. The molecule has 0 bridgehead atoms. The van der Waals surface area contributed by atoms with Crippen molar-refractivity contribution in [3.05, 3.63) is 47.0 Å². The molecule has 1 aliphatic heterocycles. The van der Waals surface area contributed by atoms with Gasteiger partial charge >= 0.3 is 6.18 Å². The molecule has 1 fully saturated rings. The van der Waals surface area contributed by atoms with Crippen molar-refractivity contribution < 1.29 is 27.4 Å². The fourth-order valence-corrected chi connectivity index (χ4v) is 3.46. The number of alkyl halides is 3. The molecule has 1 heterocycles. The number of nitrogens with one attached hydrogen (secondary N) is 2. The second-order valence-corrected chi connectivity index (χ2v) is 7.44. The number of nitrogens with zero attached hydrogens (tertiary/aromatic N) is 1. The highest BCUT2D eigenvalue weighted by Crippen LogP contribution is 2.36. The lowest BCUT2D eigenvalue weighted by Crippen LogP contribution is -2.37. The third-order valence-electron chi connectivity index (χ3n) is 4.86. The van der Waals surface area contributed by atoms with E-state index in [1.165, 1.54) is 13.2 Å². The van der Waals surface area contributed by atoms with Gasteiger partial charge in [-0.3, -0.25) is 4.79 Å². The van der Waals surface area contributed by atoms with E-state index in [4.69, 9.17) is 21.1 Å². The number of halogens is 4. The van der Waals surface area contributed by atoms with Crippen LogP contribution in [-0.4, -0.2) is 45.4 Å². The first-order valence-corrected chi connectivity index (χ1v) is 10.0. The molecule has 31 heavy (non-hydrogen) atoms. The molecule has 0 saturated carbocycles. The Bertz CT molecular complexity index is 934. The number of carbonyl (C=O) groups is 1. The minimum Gasteiger partial charge on any atom is -0.495 e. The molecule has 0 aliphatic carbocycles. The molecule has 2 N–H and O–H groups in total. The third-order valence-corrected chi connectivity index (χ3v) is 5.16. The standard InChI is InChI=1S/C21H23ClF3N3O3/c1-13(26-15-4-6-19(30-2)16(22)12-15)20(29)27-17-11-14(21(23,24)25)3-5-18(17)28-7-9-31-10-8-28/h3-6,11-13,26H,7-10H2,1-2H3,(H,27,29). The Morgan fingerprint density at radius 2 is 1.90 bits per heavy atom. The molecule has 168 valence electrons. The zero-order chi connectivity index (χ0) is 22.6. The van der Waals surface area contributed by atoms with Crippen LogP contribution in [0.5, 0.6) is 5.75 Å². The van der Waals surface area contributed by atoms with E-state index in [1.807, 2.05) is 4.90 Å². The van der Waals surface area contributed by atoms with E-state index in [-0.39, 0.29) is 5.69 Å². The summed E-state index contributed by atoms with van der Waals surface area (Å²) in [5.41, 5.74) is 0.362. The largest absolute Gasteiger partial charge is 0.495 e. The summed E-state index contributed by atoms with van der Waals surface area (Å²) in [5.74, 6) is 0.00390. The van der Waals surface area contributed by atoms with Crippen molar-refractivity contribution in [2.24, 2.45) is 0 Å². The lowest BCUT2D eigenvalue weighted by Gasteiger charge is -2.31. The minimum atomic E-state index is -4.52. The number of benzene rings is 2. The van der Waals surface area contributed by atoms with Gasteiger partial charge in [0.2, 0.25) is 5.91 Å². The molecule has 2 aromatic carbocycles. The first kappa shape index (κ1) is 23.0. The Kier molecular flexibility index (Phi) is 7.17. The molecule has 1 aliphatic rings. The lowest BCUT2D eigenvalue weighted by atomic mass is 10.1. The van der Waals surface area contributed by atoms with Gasteiger partial charge in [0.1, 0.15) is 11.8 Å². The van der Waals surface area contributed by atoms with Gasteiger partial charge in [0.25, 0.3) is 0 Å². The molecule has 1 unspecified atom stereocenters. The van der Waals surface area contributed by atoms with Gasteiger partial charge in [-0.15, -0.1) is 0 Å². The molecule has 6 nitrogen and oxygen atoms in total. The summed E-state index contributed by atoms with van der Waals surface area (Å²) in [6.45, 7) is 3.57. The number of morpholine rings is 1. The summed E-state index contributed by atoms with van der Waals surface area (Å²) < 4.78 is 50.1. The number of amides is 1. The second kappa shape index (κ2) is 9.65. The zero-order valence-corrected chi connectivity index (χ0v) is 17.8. The topological polar surface area (TPSA) is 62.8 Å². The van der Waals surface area contributed by atoms with E-state index in [0.717, 1.165) is 12.1 Å². The van der Waals surface area contributed by atoms with E-state index in [0.29, 0.717) is 48.5 Å². The first-order chi connectivity index (χ1) is 14.7. The highest BCUT2D eigenvalue weighted by molar-refractivity contribution is 6.32. The minimum absolute atomic E-state index is 0.100. The van der Waals surface area contributed by atoms with Crippen molar-refractivity contribution in [2.75, 3.05) is 48.9 Å². The van der Waals surface area contributed by atoms with Gasteiger partial charge in [0.05, 0.1) is 42.3 Å². The average Bonchev–Trinajstić information content (AvgIpc) is 2.73. The van der Waals surface area contributed by atoms with Crippen LogP contribution in [0.2, 0.25) is 5.02 Å². The summed E-state index contributed by atoms with van der Waals surface area (Å²) in [4.78, 5) is 14.7. The van der Waals surface area contributed by atoms with Crippen LogP contribution in [0.25, 0.3) is 0 Å². The molecule has 1 atom stereocenters. The Morgan fingerprint density at radius 3 is 2.52 bits per heavy atom. The average molecular weight is 458 g/mol. The number of rotatable bonds is 6. The van der Waals surface area contributed by atoms with Gasteiger partial charge in [0, 0.05) is 18.8 Å². The number of methoxy groups -OCH3 is 1. The SMILES string of the molecule is COc1ccc(NC(C)C(=O)Nc2cc(C(F)(F)F)ccc2N2CCOCC2)cc1Cl. The maximum Gasteiger partial charge on any atom is 0.416 e. The van der Waals surface area contributed by atoms with Crippen molar-refractivity contribution in [1.29, 1.82) is 0 Å². The van der Waals surface area contributed by atoms with Crippen LogP contribution in [0, 0.1) is 0 Å². The number of ether oxygens (including phenoxy) is 2. The van der Waals surface area contributed by atoms with Gasteiger partial charge < -0.3 is 25.0 Å². The summed E-state index contributed by atoms with van der Waals surface area (Å²) in [7, 11) is 1.49. The molecular formula is C21H23ClF3N3O3. The third kappa shape index (κ3) is 5.74. The van der Waals surface area contributed by atoms with Crippen molar-refractivity contribution >= 4 is 34.6 Å². The van der Waals surface area contributed by atoms with Crippen molar-refractivity contribution in [3.8, 4) is 5.75 Å². The second-order valence-electron chi connectivity index (χ2n) is 7.03. The van der Waals surface area contributed by atoms with Crippen LogP contribution < -0.4 is 20.3 Å². The van der Waals surface area contributed by atoms with Crippen molar-refractivity contribution in [3.63, 3.8) is 0 Å². The number of hydrogen-bond acceptors (Lipinski definition) is 5. The van der Waals surface area contributed by atoms with Crippen LogP contribution in [0.4, 0.5) is 30.2 Å². The van der Waals surface area contributed by atoms with E-state index in [9.17, 15) is 18.0 Å². The lowest BCUT2D eigenvalue weighted by molar-refractivity contribution is -0.137. The first-order valence-electron chi connectivity index (χ1n) is 9.64. The fourth-order valence-electron chi connectivity index (χ4n) is 3.21. The Labute approximate surface area is 183 Å². The molecule has 10 heteroatoms. The van der Waals surface area contributed by atoms with Crippen molar-refractivity contribution in [1.82, 2.24) is 0 Å². The highest BCUT2D eigenvalue weighted by atomic mass is 35.5. The summed E-state index contributed by atoms with van der Waals surface area (Å²) >= 11 is 6.10. The molecule has 0 spiro atoms. The maximum atomic E-state index is 13.2. The molecular weight excluding hydrogens is 435 g/mol. The van der Waals surface area contributed by atoms with Gasteiger partial charge in [-0.05, 0) is 43.3 Å². The normalized spacial score (nSPS) is 15.4. The summed E-state index contributed by atoms with van der Waals surface area (Å²) in [5, 5.41) is 5.99. The Hall–Kier alpha value is -2.65. The molecule has 3 rings (SSSR count). The Morgan fingerprint density at radius 1 is 1.19 bits per heavy atom. The molecule has 0 radical (unpaired) electrons. The van der Waals surface area contributed by atoms with E-state index in [1.54, 1.807) is 25.1 Å². The van der Waals surface area contributed by atoms with Crippen LogP contribution in [0.15, 0.2) is 36.4 Å². The molecule has 2 aromatic rings. The Balaban J connectivity index is 1.80. The van der Waals surface area contributed by atoms with Crippen LogP contribution in [-0.2, 0) is 15.7 Å². The quantitative estimate of drug-likeness (QED) is 0.661. The van der Waals surface area contributed by atoms with Crippen LogP contribution in [0.3, 0.4) is 0 Å². The van der Waals surface area contributed by atoms with Gasteiger partial charge in [-0.2, -0.15) is 13.2 Å². The fraction of sp³-hybridized carbons (Fsp3) is 0.381. The number of anilines is 3. The molecule has 1 amide bonds. The smallest absolute Gasteiger partial charge is 0.416 e. The predicted molar refractivity (Wildman–Crippen MR) is 114 cm³/mol. The van der Waals surface area contributed by atoms with Gasteiger partial charge in [-0.25, -0.2) is 0 Å². The monoisotopic (exact) mass is 457 g/mol. The van der Waals surface area contributed by atoms with Gasteiger partial charge in [0.15, 0.2) is 0 Å². The molecule has 1 saturated heterocycles. The summed E-state index contributed by atoms with van der Waals surface area (Å²) in [6, 6.07) is 7.56. The highest BCUT2D eigenvalue weighted by Gasteiger charge is 2.32. The molecule has 0 aromatic heterocycles. The number of hydrogen-bond donors (Lipinski definition) is 2. The maximum absolute atomic E-state index is 13.2.